The van der Waals surface area contributed by atoms with Crippen LogP contribution in [0.15, 0.2) is 57.9 Å². The lowest BCUT2D eigenvalue weighted by atomic mass is 10.1. The number of aliphatic imine (C=N–C) groups is 1. The minimum absolute atomic E-state index is 0.0700. The van der Waals surface area contributed by atoms with Crippen molar-refractivity contribution in [3.8, 4) is 0 Å². The van der Waals surface area contributed by atoms with Gasteiger partial charge in [0.2, 0.25) is 0 Å². The SMILES string of the molecule is N=C(N)c1ccc2[nH]c(/C=C/c3cc4ccc(C5=NCCN5)cc4o3)cc2c1. The lowest BCUT2D eigenvalue weighted by Crippen LogP contribution is -2.19. The molecule has 0 amide bonds. The van der Waals surface area contributed by atoms with Crippen LogP contribution in [0.2, 0.25) is 0 Å². The average molecular weight is 369 g/mol. The highest BCUT2D eigenvalue weighted by Crippen LogP contribution is 2.24. The Morgan fingerprint density at radius 3 is 2.82 bits per heavy atom. The lowest BCUT2D eigenvalue weighted by molar-refractivity contribution is 0.604. The molecular weight excluding hydrogens is 350 g/mol. The second-order valence-electron chi connectivity index (χ2n) is 6.83. The number of aromatic nitrogens is 1. The molecule has 0 atom stereocenters. The van der Waals surface area contributed by atoms with Crippen LogP contribution in [0.4, 0.5) is 0 Å². The van der Waals surface area contributed by atoms with E-state index in [1.165, 1.54) is 0 Å². The molecule has 4 aromatic rings. The van der Waals surface area contributed by atoms with Crippen molar-refractivity contribution in [2.75, 3.05) is 13.1 Å². The first kappa shape index (κ1) is 16.4. The fourth-order valence-electron chi connectivity index (χ4n) is 3.46. The number of fused-ring (bicyclic) bond motifs is 2. The number of nitrogen functional groups attached to an aromatic ring is 1. The van der Waals surface area contributed by atoms with Crippen molar-refractivity contribution in [1.29, 1.82) is 5.41 Å². The highest BCUT2D eigenvalue weighted by molar-refractivity contribution is 6.02. The Bertz CT molecular complexity index is 1270. The van der Waals surface area contributed by atoms with Crippen LogP contribution in [0, 0.1) is 5.41 Å². The van der Waals surface area contributed by atoms with Crippen LogP contribution in [0.25, 0.3) is 34.0 Å². The zero-order chi connectivity index (χ0) is 19.1. The van der Waals surface area contributed by atoms with Crippen LogP contribution >= 0.6 is 0 Å². The Morgan fingerprint density at radius 2 is 2.00 bits per heavy atom. The molecule has 2 aromatic heterocycles. The van der Waals surface area contributed by atoms with E-state index in [9.17, 15) is 0 Å². The van der Waals surface area contributed by atoms with Crippen LogP contribution in [0.1, 0.15) is 22.6 Å². The quantitative estimate of drug-likeness (QED) is 0.326. The van der Waals surface area contributed by atoms with Crippen molar-refractivity contribution in [3.63, 3.8) is 0 Å². The molecule has 0 unspecified atom stereocenters. The van der Waals surface area contributed by atoms with Crippen LogP contribution in [-0.2, 0) is 0 Å². The van der Waals surface area contributed by atoms with Gasteiger partial charge in [0.15, 0.2) is 0 Å². The van der Waals surface area contributed by atoms with E-state index < -0.39 is 0 Å². The number of hydrogen-bond acceptors (Lipinski definition) is 4. The molecule has 28 heavy (non-hydrogen) atoms. The average Bonchev–Trinajstić information content (AvgIpc) is 3.43. The number of furan rings is 1. The Balaban J connectivity index is 1.43. The zero-order valence-electron chi connectivity index (χ0n) is 15.1. The second kappa shape index (κ2) is 6.42. The molecule has 138 valence electrons. The Hall–Kier alpha value is -3.80. The summed E-state index contributed by atoms with van der Waals surface area (Å²) in [6, 6.07) is 15.9. The number of rotatable bonds is 4. The van der Waals surface area contributed by atoms with E-state index >= 15 is 0 Å². The zero-order valence-corrected chi connectivity index (χ0v) is 15.1. The molecule has 0 saturated carbocycles. The van der Waals surface area contributed by atoms with Gasteiger partial charge in [0.05, 0.1) is 6.54 Å². The van der Waals surface area contributed by atoms with E-state index in [4.69, 9.17) is 15.6 Å². The van der Waals surface area contributed by atoms with Crippen molar-refractivity contribution in [2.24, 2.45) is 10.7 Å². The maximum absolute atomic E-state index is 7.56. The number of benzene rings is 2. The summed E-state index contributed by atoms with van der Waals surface area (Å²) in [6.07, 6.45) is 3.93. The standard InChI is InChI=1S/C22H19N5O/c23-21(24)14-3-6-19-16(9-14)10-17(27-19)4-5-18-11-13-1-2-15(12-20(13)28-18)22-25-7-8-26-22/h1-6,9-12,27H,7-8H2,(H3,23,24)(H,25,26)/b5-4+. The van der Waals surface area contributed by atoms with E-state index in [-0.39, 0.29) is 5.84 Å². The number of amidine groups is 2. The monoisotopic (exact) mass is 369 g/mol. The maximum Gasteiger partial charge on any atom is 0.135 e. The molecule has 0 aliphatic carbocycles. The lowest BCUT2D eigenvalue weighted by Gasteiger charge is -2.01. The Labute approximate surface area is 161 Å². The van der Waals surface area contributed by atoms with Crippen molar-refractivity contribution in [2.45, 2.75) is 0 Å². The molecule has 5 rings (SSSR count). The highest BCUT2D eigenvalue weighted by atomic mass is 16.3. The fraction of sp³-hybridized carbons (Fsp3) is 0.0909. The Morgan fingerprint density at radius 1 is 1.07 bits per heavy atom. The number of nitrogens with zero attached hydrogens (tertiary/aromatic N) is 1. The molecule has 6 heteroatoms. The first-order chi connectivity index (χ1) is 13.7. The molecule has 3 heterocycles. The summed E-state index contributed by atoms with van der Waals surface area (Å²) >= 11 is 0. The van der Waals surface area contributed by atoms with Gasteiger partial charge in [-0.2, -0.15) is 0 Å². The van der Waals surface area contributed by atoms with Gasteiger partial charge >= 0.3 is 0 Å². The fourth-order valence-corrected chi connectivity index (χ4v) is 3.46. The van der Waals surface area contributed by atoms with Gasteiger partial charge in [-0.15, -0.1) is 0 Å². The van der Waals surface area contributed by atoms with Gasteiger partial charge in [-0.3, -0.25) is 10.4 Å². The predicted molar refractivity (Wildman–Crippen MR) is 114 cm³/mol. The summed E-state index contributed by atoms with van der Waals surface area (Å²) in [5, 5.41) is 12.9. The number of nitrogens with two attached hydrogens (primary N) is 1. The molecule has 1 aliphatic heterocycles. The first-order valence-corrected chi connectivity index (χ1v) is 9.13. The summed E-state index contributed by atoms with van der Waals surface area (Å²) in [6.45, 7) is 1.70. The number of H-pyrrole nitrogens is 1. The highest BCUT2D eigenvalue weighted by Gasteiger charge is 2.10. The molecule has 6 nitrogen and oxygen atoms in total. The van der Waals surface area contributed by atoms with Crippen LogP contribution in [-0.4, -0.2) is 29.7 Å². The van der Waals surface area contributed by atoms with Crippen LogP contribution in [0.3, 0.4) is 0 Å². The van der Waals surface area contributed by atoms with E-state index in [1.54, 1.807) is 0 Å². The van der Waals surface area contributed by atoms with Gasteiger partial charge in [0.1, 0.15) is 23.0 Å². The van der Waals surface area contributed by atoms with E-state index in [0.717, 1.165) is 63.4 Å². The van der Waals surface area contributed by atoms with Crippen LogP contribution in [0.5, 0.6) is 0 Å². The molecule has 0 radical (unpaired) electrons. The summed E-state index contributed by atoms with van der Waals surface area (Å²) in [5.41, 5.74) is 10.1. The number of hydrogen-bond donors (Lipinski definition) is 4. The van der Waals surface area contributed by atoms with Gasteiger partial charge in [0, 0.05) is 39.7 Å². The predicted octanol–water partition coefficient (Wildman–Crippen LogP) is 3.72. The molecule has 2 aromatic carbocycles. The maximum atomic E-state index is 7.56. The second-order valence-corrected chi connectivity index (χ2v) is 6.83. The first-order valence-electron chi connectivity index (χ1n) is 9.13. The van der Waals surface area contributed by atoms with Gasteiger partial charge in [-0.05, 0) is 48.6 Å². The summed E-state index contributed by atoms with van der Waals surface area (Å²) < 4.78 is 5.99. The third-order valence-electron chi connectivity index (χ3n) is 4.87. The third kappa shape index (κ3) is 2.95. The normalized spacial score (nSPS) is 14.1. The molecule has 0 fully saturated rings. The van der Waals surface area contributed by atoms with Gasteiger partial charge in [0.25, 0.3) is 0 Å². The summed E-state index contributed by atoms with van der Waals surface area (Å²) in [5.74, 6) is 1.79. The molecule has 0 saturated heterocycles. The van der Waals surface area contributed by atoms with Crippen molar-refractivity contribution in [3.05, 3.63) is 71.1 Å². The van der Waals surface area contributed by atoms with Gasteiger partial charge in [-0.1, -0.05) is 12.1 Å². The van der Waals surface area contributed by atoms with E-state index in [1.807, 2.05) is 48.6 Å². The van der Waals surface area contributed by atoms with Gasteiger partial charge < -0.3 is 20.5 Å². The summed E-state index contributed by atoms with van der Waals surface area (Å²) in [4.78, 5) is 7.81. The minimum atomic E-state index is 0.0700. The molecule has 0 spiro atoms. The topological polar surface area (TPSA) is 103 Å². The minimum Gasteiger partial charge on any atom is -0.457 e. The van der Waals surface area contributed by atoms with Crippen molar-refractivity contribution >= 4 is 45.7 Å². The van der Waals surface area contributed by atoms with Crippen molar-refractivity contribution < 1.29 is 4.42 Å². The van der Waals surface area contributed by atoms with Crippen molar-refractivity contribution in [1.82, 2.24) is 10.3 Å². The van der Waals surface area contributed by atoms with Crippen LogP contribution < -0.4 is 11.1 Å². The van der Waals surface area contributed by atoms with E-state index in [0.29, 0.717) is 0 Å². The van der Waals surface area contributed by atoms with Gasteiger partial charge in [-0.25, -0.2) is 0 Å². The number of nitrogens with one attached hydrogen (secondary N) is 3. The largest absolute Gasteiger partial charge is 0.457 e. The molecule has 5 N–H and O–H groups in total. The molecule has 1 aliphatic rings. The number of aromatic amines is 1. The molecule has 0 bridgehead atoms. The molecular formula is C22H19N5O. The van der Waals surface area contributed by atoms with E-state index in [2.05, 4.69) is 27.4 Å². The summed E-state index contributed by atoms with van der Waals surface area (Å²) in [7, 11) is 0. The third-order valence-corrected chi connectivity index (χ3v) is 4.87. The Kier molecular flexibility index (Phi) is 3.76. The smallest absolute Gasteiger partial charge is 0.135 e.